The molecule has 0 amide bonds. The van der Waals surface area contributed by atoms with Crippen LogP contribution in [0, 0.1) is 5.92 Å². The number of ether oxygens (including phenoxy) is 1. The zero-order chi connectivity index (χ0) is 12.8. The van der Waals surface area contributed by atoms with Gasteiger partial charge in [-0.2, -0.15) is 4.98 Å². The third-order valence-corrected chi connectivity index (χ3v) is 2.99. The smallest absolute Gasteiger partial charge is 0.232 e. The molecule has 0 aromatic carbocycles. The van der Waals surface area contributed by atoms with Crippen LogP contribution >= 0.6 is 27.5 Å². The topological polar surface area (TPSA) is 47.0 Å². The van der Waals surface area contributed by atoms with E-state index in [-0.39, 0.29) is 5.38 Å². The predicted molar refractivity (Wildman–Crippen MR) is 73.9 cm³/mol. The first-order chi connectivity index (χ1) is 8.02. The van der Waals surface area contributed by atoms with Crippen LogP contribution in [0.2, 0.25) is 0 Å². The summed E-state index contributed by atoms with van der Waals surface area (Å²) in [6, 6.07) is 0. The number of hydrogen-bond acceptors (Lipinski definition) is 4. The molecule has 0 aliphatic carbocycles. The Balaban J connectivity index is 2.52. The molecule has 1 unspecified atom stereocenters. The second-order valence-corrected chi connectivity index (χ2v) is 5.63. The molecule has 0 aliphatic rings. The highest BCUT2D eigenvalue weighted by atomic mass is 79.9. The van der Waals surface area contributed by atoms with E-state index in [2.05, 4.69) is 45.1 Å². The lowest BCUT2D eigenvalue weighted by Gasteiger charge is -2.13. The minimum absolute atomic E-state index is 0.0771. The number of methoxy groups -OCH3 is 1. The number of halogens is 2. The molecule has 0 aliphatic heterocycles. The van der Waals surface area contributed by atoms with Crippen molar-refractivity contribution in [3.05, 3.63) is 10.7 Å². The van der Waals surface area contributed by atoms with Gasteiger partial charge in [-0.3, -0.25) is 0 Å². The monoisotopic (exact) mass is 321 g/mol. The Morgan fingerprint density at radius 1 is 1.53 bits per heavy atom. The Morgan fingerprint density at radius 3 is 2.82 bits per heavy atom. The van der Waals surface area contributed by atoms with Crippen molar-refractivity contribution in [3.8, 4) is 5.88 Å². The summed E-state index contributed by atoms with van der Waals surface area (Å²) in [6.45, 7) is 4.94. The first-order valence-corrected chi connectivity index (χ1v) is 6.70. The van der Waals surface area contributed by atoms with Crippen LogP contribution in [0.1, 0.15) is 20.3 Å². The van der Waals surface area contributed by atoms with Gasteiger partial charge in [0.2, 0.25) is 11.8 Å². The molecular weight excluding hydrogens is 305 g/mol. The van der Waals surface area contributed by atoms with E-state index in [1.807, 2.05) is 0 Å². The van der Waals surface area contributed by atoms with Gasteiger partial charge in [0, 0.05) is 6.54 Å². The molecule has 1 aromatic rings. The van der Waals surface area contributed by atoms with Crippen LogP contribution in [-0.2, 0) is 0 Å². The van der Waals surface area contributed by atoms with Crippen LogP contribution < -0.4 is 10.1 Å². The van der Waals surface area contributed by atoms with Crippen LogP contribution in [-0.4, -0.2) is 29.0 Å². The lowest BCUT2D eigenvalue weighted by atomic mass is 10.1. The van der Waals surface area contributed by atoms with E-state index in [0.29, 0.717) is 24.3 Å². The van der Waals surface area contributed by atoms with Gasteiger partial charge in [0.15, 0.2) is 0 Å². The SMILES string of the molecule is COc1nc(NCC(Cl)CC(C)C)ncc1Br. The second kappa shape index (κ2) is 7.01. The molecule has 1 heterocycles. The Hall–Kier alpha value is -0.550. The van der Waals surface area contributed by atoms with E-state index in [4.69, 9.17) is 16.3 Å². The quantitative estimate of drug-likeness (QED) is 0.816. The summed E-state index contributed by atoms with van der Waals surface area (Å²) in [5.41, 5.74) is 0. The highest BCUT2D eigenvalue weighted by molar-refractivity contribution is 9.10. The molecule has 1 atom stereocenters. The molecule has 1 rings (SSSR count). The zero-order valence-corrected chi connectivity index (χ0v) is 12.5. The van der Waals surface area contributed by atoms with Crippen molar-refractivity contribution < 1.29 is 4.74 Å². The van der Waals surface area contributed by atoms with E-state index in [9.17, 15) is 0 Å². The third kappa shape index (κ3) is 5.08. The maximum Gasteiger partial charge on any atom is 0.232 e. The van der Waals surface area contributed by atoms with Gasteiger partial charge < -0.3 is 10.1 Å². The van der Waals surface area contributed by atoms with Gasteiger partial charge in [-0.15, -0.1) is 11.6 Å². The van der Waals surface area contributed by atoms with E-state index in [1.54, 1.807) is 13.3 Å². The first-order valence-electron chi connectivity index (χ1n) is 5.47. The summed E-state index contributed by atoms with van der Waals surface area (Å²) < 4.78 is 5.82. The fraction of sp³-hybridized carbons (Fsp3) is 0.636. The number of rotatable bonds is 6. The number of hydrogen-bond donors (Lipinski definition) is 1. The average Bonchev–Trinajstić information content (AvgIpc) is 2.27. The van der Waals surface area contributed by atoms with Gasteiger partial charge in [-0.1, -0.05) is 13.8 Å². The fourth-order valence-corrected chi connectivity index (χ4v) is 2.16. The summed E-state index contributed by atoms with van der Waals surface area (Å²) in [5.74, 6) is 1.62. The molecule has 0 fully saturated rings. The largest absolute Gasteiger partial charge is 0.480 e. The summed E-state index contributed by atoms with van der Waals surface area (Å²) in [5, 5.41) is 3.17. The highest BCUT2D eigenvalue weighted by Crippen LogP contribution is 2.22. The van der Waals surface area contributed by atoms with Crippen molar-refractivity contribution in [2.75, 3.05) is 19.0 Å². The Labute approximate surface area is 115 Å². The summed E-state index contributed by atoms with van der Waals surface area (Å²) in [6.07, 6.45) is 2.61. The molecule has 0 saturated heterocycles. The normalized spacial score (nSPS) is 12.6. The lowest BCUT2D eigenvalue weighted by molar-refractivity contribution is 0.394. The molecule has 4 nitrogen and oxygen atoms in total. The van der Waals surface area contributed by atoms with Crippen LogP contribution in [0.15, 0.2) is 10.7 Å². The van der Waals surface area contributed by atoms with Crippen LogP contribution in [0.4, 0.5) is 5.95 Å². The van der Waals surface area contributed by atoms with Gasteiger partial charge in [0.25, 0.3) is 0 Å². The summed E-state index contributed by atoms with van der Waals surface area (Å²) in [4.78, 5) is 8.32. The minimum Gasteiger partial charge on any atom is -0.480 e. The van der Waals surface area contributed by atoms with Crippen LogP contribution in [0.25, 0.3) is 0 Å². The predicted octanol–water partition coefficient (Wildman–Crippen LogP) is 3.31. The maximum atomic E-state index is 6.17. The van der Waals surface area contributed by atoms with Crippen molar-refractivity contribution in [1.29, 1.82) is 0 Å². The Morgan fingerprint density at radius 2 is 2.24 bits per heavy atom. The molecule has 0 saturated carbocycles. The molecule has 1 N–H and O–H groups in total. The molecule has 6 heteroatoms. The number of aromatic nitrogens is 2. The highest BCUT2D eigenvalue weighted by Gasteiger charge is 2.09. The average molecular weight is 323 g/mol. The van der Waals surface area contributed by atoms with Gasteiger partial charge in [0.1, 0.15) is 0 Å². The van der Waals surface area contributed by atoms with E-state index < -0.39 is 0 Å². The summed E-state index contributed by atoms with van der Waals surface area (Å²) in [7, 11) is 1.57. The summed E-state index contributed by atoms with van der Waals surface area (Å²) >= 11 is 9.47. The van der Waals surface area contributed by atoms with Crippen molar-refractivity contribution in [2.45, 2.75) is 25.6 Å². The standard InChI is InChI=1S/C11H17BrClN3O/c1-7(2)4-8(13)5-14-11-15-6-9(12)10(16-11)17-3/h6-8H,4-5H2,1-3H3,(H,14,15,16). The third-order valence-electron chi connectivity index (χ3n) is 2.11. The Kier molecular flexibility index (Phi) is 5.98. The zero-order valence-electron chi connectivity index (χ0n) is 10.2. The number of anilines is 1. The number of nitrogens with zero attached hydrogens (tertiary/aromatic N) is 2. The molecule has 96 valence electrons. The van der Waals surface area contributed by atoms with Crippen molar-refractivity contribution in [1.82, 2.24) is 9.97 Å². The lowest BCUT2D eigenvalue weighted by Crippen LogP contribution is -2.17. The van der Waals surface area contributed by atoms with Crippen molar-refractivity contribution in [2.24, 2.45) is 5.92 Å². The van der Waals surface area contributed by atoms with Crippen molar-refractivity contribution in [3.63, 3.8) is 0 Å². The molecule has 0 spiro atoms. The molecule has 1 aromatic heterocycles. The van der Waals surface area contributed by atoms with Gasteiger partial charge in [0.05, 0.1) is 23.2 Å². The maximum absolute atomic E-state index is 6.17. The number of alkyl halides is 1. The van der Waals surface area contributed by atoms with Crippen molar-refractivity contribution >= 4 is 33.5 Å². The molecule has 17 heavy (non-hydrogen) atoms. The van der Waals surface area contributed by atoms with Gasteiger partial charge in [-0.25, -0.2) is 4.98 Å². The van der Waals surface area contributed by atoms with Gasteiger partial charge in [-0.05, 0) is 28.3 Å². The van der Waals surface area contributed by atoms with E-state index in [0.717, 1.165) is 10.9 Å². The molecule has 0 bridgehead atoms. The van der Waals surface area contributed by atoms with Crippen LogP contribution in [0.3, 0.4) is 0 Å². The minimum atomic E-state index is 0.0771. The number of nitrogens with one attached hydrogen (secondary N) is 1. The fourth-order valence-electron chi connectivity index (χ4n) is 1.38. The van der Waals surface area contributed by atoms with E-state index >= 15 is 0 Å². The first kappa shape index (κ1) is 14.5. The van der Waals surface area contributed by atoms with Crippen LogP contribution in [0.5, 0.6) is 5.88 Å². The van der Waals surface area contributed by atoms with Gasteiger partial charge >= 0.3 is 0 Å². The second-order valence-electron chi connectivity index (χ2n) is 4.16. The van der Waals surface area contributed by atoms with E-state index in [1.165, 1.54) is 0 Å². The molecular formula is C11H17BrClN3O. The molecule has 0 radical (unpaired) electrons. The Bertz CT molecular complexity index is 363.